The van der Waals surface area contributed by atoms with Crippen LogP contribution in [-0.2, 0) is 14.8 Å². The van der Waals surface area contributed by atoms with Crippen LogP contribution in [0, 0.1) is 6.92 Å². The highest BCUT2D eigenvalue weighted by molar-refractivity contribution is 7.90. The molecule has 2 N–H and O–H groups in total. The second-order valence-electron chi connectivity index (χ2n) is 8.59. The molecule has 2 heterocycles. The maximum Gasteiger partial charge on any atom is 0.220 e. The van der Waals surface area contributed by atoms with Crippen LogP contribution in [0.2, 0.25) is 0 Å². The zero-order chi connectivity index (χ0) is 21.7. The predicted molar refractivity (Wildman–Crippen MR) is 116 cm³/mol. The number of hydrogen-bond acceptors (Lipinski definition) is 7. The van der Waals surface area contributed by atoms with E-state index in [9.17, 15) is 8.42 Å². The molecule has 170 valence electrons. The van der Waals surface area contributed by atoms with Gasteiger partial charge in [0.25, 0.3) is 0 Å². The lowest BCUT2D eigenvalue weighted by atomic mass is 9.82. The van der Waals surface area contributed by atoms with Gasteiger partial charge >= 0.3 is 0 Å². The number of nitrogens with zero attached hydrogens (tertiary/aromatic N) is 2. The van der Waals surface area contributed by atoms with Gasteiger partial charge in [0.1, 0.15) is 6.33 Å². The molecular weight excluding hydrogens is 404 g/mol. The first-order chi connectivity index (χ1) is 14.3. The minimum Gasteiger partial charge on any atom is -0.478 e. The highest BCUT2D eigenvalue weighted by Crippen LogP contribution is 2.38. The first-order valence-electron chi connectivity index (χ1n) is 11.1. The third-order valence-corrected chi connectivity index (χ3v) is 8.08. The van der Waals surface area contributed by atoms with Gasteiger partial charge in [-0.3, -0.25) is 0 Å². The van der Waals surface area contributed by atoms with Crippen molar-refractivity contribution in [3.05, 3.63) is 17.6 Å². The van der Waals surface area contributed by atoms with Crippen molar-refractivity contribution >= 4 is 10.0 Å². The Kier molecular flexibility index (Phi) is 8.06. The van der Waals surface area contributed by atoms with Crippen molar-refractivity contribution in [2.24, 2.45) is 0 Å². The van der Waals surface area contributed by atoms with Crippen molar-refractivity contribution in [3.8, 4) is 5.88 Å². The van der Waals surface area contributed by atoms with E-state index >= 15 is 0 Å². The Labute approximate surface area is 180 Å². The van der Waals surface area contributed by atoms with Crippen LogP contribution >= 0.6 is 0 Å². The number of hydrogen-bond donors (Lipinski definition) is 2. The van der Waals surface area contributed by atoms with E-state index in [1.165, 1.54) is 0 Å². The maximum absolute atomic E-state index is 12.2. The van der Waals surface area contributed by atoms with E-state index in [1.54, 1.807) is 20.2 Å². The lowest BCUT2D eigenvalue weighted by Crippen LogP contribution is -2.48. The molecule has 3 rings (SSSR count). The fourth-order valence-corrected chi connectivity index (χ4v) is 5.35. The van der Waals surface area contributed by atoms with E-state index in [0.29, 0.717) is 25.0 Å². The van der Waals surface area contributed by atoms with Crippen molar-refractivity contribution in [2.75, 3.05) is 19.8 Å². The van der Waals surface area contributed by atoms with Crippen LogP contribution in [0.5, 0.6) is 5.88 Å². The number of nitrogens with one attached hydrogen (secondary N) is 2. The van der Waals surface area contributed by atoms with Crippen molar-refractivity contribution in [3.63, 3.8) is 0 Å². The zero-order valence-electron chi connectivity index (χ0n) is 18.6. The topological polar surface area (TPSA) is 102 Å². The number of aromatic nitrogens is 2. The van der Waals surface area contributed by atoms with Crippen LogP contribution in [0.3, 0.4) is 0 Å². The number of aryl methyl sites for hydroxylation is 1. The Bertz CT molecular complexity index is 794. The third kappa shape index (κ3) is 5.69. The molecule has 0 radical (unpaired) electrons. The molecule has 0 unspecified atom stereocenters. The Morgan fingerprint density at radius 2 is 1.93 bits per heavy atom. The molecule has 2 fully saturated rings. The molecule has 1 saturated heterocycles. The first-order valence-corrected chi connectivity index (χ1v) is 12.7. The normalized spacial score (nSPS) is 27.5. The zero-order valence-corrected chi connectivity index (χ0v) is 19.4. The van der Waals surface area contributed by atoms with E-state index in [0.717, 1.165) is 49.9 Å². The number of sulfonamides is 1. The molecule has 30 heavy (non-hydrogen) atoms. The minimum absolute atomic E-state index is 0.0190. The molecule has 0 aromatic carbocycles. The minimum atomic E-state index is -3.28. The predicted octanol–water partition coefficient (Wildman–Crippen LogP) is 2.28. The van der Waals surface area contributed by atoms with Crippen molar-refractivity contribution in [1.29, 1.82) is 0 Å². The van der Waals surface area contributed by atoms with Gasteiger partial charge in [-0.2, -0.15) is 0 Å². The summed E-state index contributed by atoms with van der Waals surface area (Å²) < 4.78 is 39.2. The average molecular weight is 441 g/mol. The van der Waals surface area contributed by atoms with Gasteiger partial charge in [-0.15, -0.1) is 0 Å². The average Bonchev–Trinajstić information content (AvgIpc) is 3.13. The molecule has 2 aliphatic rings. The largest absolute Gasteiger partial charge is 0.478 e. The first kappa shape index (κ1) is 23.4. The summed E-state index contributed by atoms with van der Waals surface area (Å²) in [5.74, 6) is 1.10. The molecule has 1 aromatic rings. The monoisotopic (exact) mass is 440 g/mol. The van der Waals surface area contributed by atoms with Gasteiger partial charge < -0.3 is 14.8 Å². The van der Waals surface area contributed by atoms with Crippen LogP contribution in [0.25, 0.3) is 0 Å². The smallest absolute Gasteiger partial charge is 0.220 e. The third-order valence-electron chi connectivity index (χ3n) is 6.21. The van der Waals surface area contributed by atoms with E-state index < -0.39 is 15.3 Å². The van der Waals surface area contributed by atoms with Crippen molar-refractivity contribution in [1.82, 2.24) is 20.0 Å². The summed E-state index contributed by atoms with van der Waals surface area (Å²) in [6.07, 6.45) is 6.53. The SMILES string of the molecule is CCOc1ncnc(C)c1[C@H]1CC[C@@H](OC[C@@H]2NCC[C@@H]2NS(=O)(=O)C(C)C)CC1. The van der Waals surface area contributed by atoms with Gasteiger partial charge in [0.15, 0.2) is 0 Å². The van der Waals surface area contributed by atoms with Gasteiger partial charge in [-0.1, -0.05) is 0 Å². The van der Waals surface area contributed by atoms with Crippen molar-refractivity contribution < 1.29 is 17.9 Å². The van der Waals surface area contributed by atoms with E-state index in [1.807, 2.05) is 13.8 Å². The van der Waals surface area contributed by atoms with Crippen molar-refractivity contribution in [2.45, 2.75) is 89.2 Å². The summed E-state index contributed by atoms with van der Waals surface area (Å²) >= 11 is 0. The molecule has 1 aliphatic heterocycles. The molecular formula is C21H36N4O4S. The summed E-state index contributed by atoms with van der Waals surface area (Å²) in [5.41, 5.74) is 2.13. The summed E-state index contributed by atoms with van der Waals surface area (Å²) in [7, 11) is -3.28. The van der Waals surface area contributed by atoms with E-state index in [-0.39, 0.29) is 18.2 Å². The highest BCUT2D eigenvalue weighted by Gasteiger charge is 2.33. The summed E-state index contributed by atoms with van der Waals surface area (Å²) in [6, 6.07) is -0.0859. The number of rotatable bonds is 9. The Balaban J connectivity index is 1.51. The number of ether oxygens (including phenoxy) is 2. The molecule has 0 amide bonds. The van der Waals surface area contributed by atoms with E-state index in [4.69, 9.17) is 9.47 Å². The van der Waals surface area contributed by atoms with Gasteiger partial charge in [0, 0.05) is 23.3 Å². The quantitative estimate of drug-likeness (QED) is 0.607. The molecule has 9 heteroatoms. The van der Waals surface area contributed by atoms with Crippen LogP contribution < -0.4 is 14.8 Å². The fourth-order valence-electron chi connectivity index (χ4n) is 4.37. The van der Waals surface area contributed by atoms with E-state index in [2.05, 4.69) is 20.0 Å². The molecule has 1 aromatic heterocycles. The summed E-state index contributed by atoms with van der Waals surface area (Å²) in [4.78, 5) is 8.70. The van der Waals surface area contributed by atoms with Gasteiger partial charge in [-0.25, -0.2) is 23.1 Å². The van der Waals surface area contributed by atoms with Gasteiger partial charge in [0.05, 0.1) is 24.6 Å². The second-order valence-corrected chi connectivity index (χ2v) is 10.9. The molecule has 1 aliphatic carbocycles. The summed E-state index contributed by atoms with van der Waals surface area (Å²) in [6.45, 7) is 9.32. The van der Waals surface area contributed by atoms with Crippen LogP contribution in [0.15, 0.2) is 6.33 Å². The lowest BCUT2D eigenvalue weighted by Gasteiger charge is -2.31. The fraction of sp³-hybridized carbons (Fsp3) is 0.810. The molecule has 1 saturated carbocycles. The molecule has 0 spiro atoms. The summed E-state index contributed by atoms with van der Waals surface area (Å²) in [5, 5.41) is 2.96. The highest BCUT2D eigenvalue weighted by atomic mass is 32.2. The standard InChI is InChI=1S/C21H36N4O4S/c1-5-28-21-20(15(4)23-13-24-21)16-6-8-17(9-7-16)29-12-19-18(10-11-22-19)25-30(26,27)14(2)3/h13-14,16-19,22,25H,5-12H2,1-4H3/t16-,17+,18-,19-/m0/s1. The second kappa shape index (κ2) is 10.3. The van der Waals surface area contributed by atoms with Crippen LogP contribution in [0.4, 0.5) is 0 Å². The van der Waals surface area contributed by atoms with Crippen LogP contribution in [-0.4, -0.2) is 61.6 Å². The van der Waals surface area contributed by atoms with Crippen LogP contribution in [0.1, 0.15) is 70.1 Å². The molecule has 0 bridgehead atoms. The van der Waals surface area contributed by atoms with Gasteiger partial charge in [0.2, 0.25) is 15.9 Å². The lowest BCUT2D eigenvalue weighted by molar-refractivity contribution is 0.0124. The Hall–Kier alpha value is -1.29. The Morgan fingerprint density at radius 1 is 1.20 bits per heavy atom. The maximum atomic E-state index is 12.2. The molecule has 2 atom stereocenters. The Morgan fingerprint density at radius 3 is 2.60 bits per heavy atom. The molecule has 8 nitrogen and oxygen atoms in total. The van der Waals surface area contributed by atoms with Gasteiger partial charge in [-0.05, 0) is 72.3 Å².